The van der Waals surface area contributed by atoms with Crippen LogP contribution in [0.5, 0.6) is 0 Å². The Bertz CT molecular complexity index is 87.1. The normalized spacial score (nSPS) is 10.4. The fourth-order valence-corrected chi connectivity index (χ4v) is 1.73. The third-order valence-electron chi connectivity index (χ3n) is 3.21. The van der Waals surface area contributed by atoms with Crippen LogP contribution in [0.2, 0.25) is 13.1 Å². The fraction of sp³-hybridized carbons (Fsp3) is 1.00. The third kappa shape index (κ3) is 7.47. The molecule has 0 unspecified atom stereocenters. The van der Waals surface area contributed by atoms with Gasteiger partial charge < -0.3 is 0 Å². The summed E-state index contributed by atoms with van der Waals surface area (Å²) in [6.45, 7) is 13.4. The van der Waals surface area contributed by atoms with Gasteiger partial charge >= 0.3 is 0 Å². The van der Waals surface area contributed by atoms with Crippen LogP contribution < -0.4 is 0 Å². The summed E-state index contributed by atoms with van der Waals surface area (Å²) in [6, 6.07) is 0. The molecule has 0 rings (SSSR count). The van der Waals surface area contributed by atoms with Gasteiger partial charge in [-0.3, -0.25) is 0 Å². The van der Waals surface area contributed by atoms with E-state index in [4.69, 9.17) is 0 Å². The summed E-state index contributed by atoms with van der Waals surface area (Å²) >= 11 is 0. The molecular formula is C13H30B. The Morgan fingerprint density at radius 2 is 1.21 bits per heavy atom. The molecule has 0 fully saturated rings. The van der Waals surface area contributed by atoms with Crippen molar-refractivity contribution < 1.29 is 0 Å². The van der Waals surface area contributed by atoms with Crippen molar-refractivity contribution in [3.05, 3.63) is 0 Å². The van der Waals surface area contributed by atoms with E-state index in [1.807, 2.05) is 0 Å². The molecule has 0 aromatic carbocycles. The molecule has 85 valence electrons. The average molecular weight is 197 g/mol. The lowest BCUT2D eigenvalue weighted by molar-refractivity contribution is 0.240. The maximum Gasteiger partial charge on any atom is 0.105 e. The SMILES string of the molecule is CCC.C[B]CCC(CC)(CC)CC. The first-order valence-electron chi connectivity index (χ1n) is 6.44. The summed E-state index contributed by atoms with van der Waals surface area (Å²) < 4.78 is 0. The molecule has 0 spiro atoms. The maximum absolute atomic E-state index is 2.32. The third-order valence-corrected chi connectivity index (χ3v) is 3.21. The van der Waals surface area contributed by atoms with E-state index >= 15 is 0 Å². The van der Waals surface area contributed by atoms with Crippen molar-refractivity contribution in [3.8, 4) is 0 Å². The van der Waals surface area contributed by atoms with Gasteiger partial charge in [0.2, 0.25) is 0 Å². The highest BCUT2D eigenvalue weighted by Crippen LogP contribution is 2.35. The molecule has 0 bridgehead atoms. The lowest BCUT2D eigenvalue weighted by atomic mass is 9.67. The van der Waals surface area contributed by atoms with Crippen molar-refractivity contribution in [2.24, 2.45) is 5.41 Å². The van der Waals surface area contributed by atoms with Gasteiger partial charge in [0.05, 0.1) is 0 Å². The van der Waals surface area contributed by atoms with Gasteiger partial charge in [-0.25, -0.2) is 0 Å². The van der Waals surface area contributed by atoms with Crippen LogP contribution in [0.3, 0.4) is 0 Å². The van der Waals surface area contributed by atoms with E-state index < -0.39 is 0 Å². The minimum absolute atomic E-state index is 0.645. The number of hydrogen-bond donors (Lipinski definition) is 0. The topological polar surface area (TPSA) is 0 Å². The quantitative estimate of drug-likeness (QED) is 0.514. The second-order valence-corrected chi connectivity index (χ2v) is 4.21. The highest BCUT2D eigenvalue weighted by atomic mass is 14.3. The monoisotopic (exact) mass is 197 g/mol. The fourth-order valence-electron chi connectivity index (χ4n) is 1.73. The van der Waals surface area contributed by atoms with Crippen LogP contribution >= 0.6 is 0 Å². The van der Waals surface area contributed by atoms with Crippen LogP contribution in [0.4, 0.5) is 0 Å². The molecule has 0 heterocycles. The van der Waals surface area contributed by atoms with Crippen molar-refractivity contribution >= 4 is 7.28 Å². The van der Waals surface area contributed by atoms with E-state index in [9.17, 15) is 0 Å². The molecular weight excluding hydrogens is 167 g/mol. The second-order valence-electron chi connectivity index (χ2n) is 4.21. The molecule has 0 aliphatic rings. The molecule has 1 radical (unpaired) electrons. The molecule has 0 aromatic rings. The van der Waals surface area contributed by atoms with Crippen molar-refractivity contribution in [1.82, 2.24) is 0 Å². The van der Waals surface area contributed by atoms with E-state index in [2.05, 4.69) is 48.7 Å². The lowest BCUT2D eigenvalue weighted by Crippen LogP contribution is -2.17. The Kier molecular flexibility index (Phi) is 13.1. The summed E-state index contributed by atoms with van der Waals surface area (Å²) in [5.41, 5.74) is 0.645. The van der Waals surface area contributed by atoms with Crippen LogP contribution in [-0.2, 0) is 0 Å². The first-order valence-corrected chi connectivity index (χ1v) is 6.44. The van der Waals surface area contributed by atoms with Gasteiger partial charge in [0.1, 0.15) is 7.28 Å². The van der Waals surface area contributed by atoms with Crippen LogP contribution in [0.25, 0.3) is 0 Å². The molecule has 0 N–H and O–H groups in total. The zero-order valence-corrected chi connectivity index (χ0v) is 11.3. The molecule has 0 aliphatic heterocycles. The summed E-state index contributed by atoms with van der Waals surface area (Å²) in [5.74, 6) is 0. The van der Waals surface area contributed by atoms with Gasteiger partial charge in [-0.15, -0.1) is 0 Å². The van der Waals surface area contributed by atoms with Crippen molar-refractivity contribution in [3.63, 3.8) is 0 Å². The molecule has 0 amide bonds. The van der Waals surface area contributed by atoms with Crippen LogP contribution in [-0.4, -0.2) is 7.28 Å². The lowest BCUT2D eigenvalue weighted by Gasteiger charge is -2.30. The Labute approximate surface area is 93.1 Å². The van der Waals surface area contributed by atoms with Crippen LogP contribution in [0.15, 0.2) is 0 Å². The minimum atomic E-state index is 0.645. The molecule has 0 saturated carbocycles. The summed E-state index contributed by atoms with van der Waals surface area (Å²) in [6.07, 6.45) is 7.94. The Morgan fingerprint density at radius 1 is 0.857 bits per heavy atom. The van der Waals surface area contributed by atoms with Crippen molar-refractivity contribution in [1.29, 1.82) is 0 Å². The van der Waals surface area contributed by atoms with Crippen LogP contribution in [0, 0.1) is 5.41 Å². The standard InChI is InChI=1S/C10H22B.C3H8/c1-5-10(6-2,7-3)8-9-11-4;1-3-2/h5-9H2,1-4H3;3H2,1-2H3. The van der Waals surface area contributed by atoms with E-state index in [1.54, 1.807) is 0 Å². The van der Waals surface area contributed by atoms with E-state index in [1.165, 1.54) is 38.4 Å². The predicted octanol–water partition coefficient (Wildman–Crippen LogP) is 5.18. The summed E-state index contributed by atoms with van der Waals surface area (Å²) in [5, 5.41) is 0. The zero-order chi connectivity index (χ0) is 11.4. The predicted molar refractivity (Wildman–Crippen MR) is 70.3 cm³/mol. The molecule has 0 nitrogen and oxygen atoms in total. The van der Waals surface area contributed by atoms with Crippen molar-refractivity contribution in [2.45, 2.75) is 79.9 Å². The average Bonchev–Trinajstić information content (AvgIpc) is 2.22. The van der Waals surface area contributed by atoms with Gasteiger partial charge in [0.15, 0.2) is 0 Å². The number of rotatable bonds is 6. The smallest absolute Gasteiger partial charge is 0.0920 e. The second kappa shape index (κ2) is 11.1. The molecule has 14 heavy (non-hydrogen) atoms. The molecule has 0 aliphatic carbocycles. The highest BCUT2D eigenvalue weighted by Gasteiger charge is 2.22. The molecule has 0 aromatic heterocycles. The maximum atomic E-state index is 2.32. The first kappa shape index (κ1) is 16.5. The highest BCUT2D eigenvalue weighted by molar-refractivity contribution is 6.33. The largest absolute Gasteiger partial charge is 0.105 e. The Morgan fingerprint density at radius 3 is 1.43 bits per heavy atom. The van der Waals surface area contributed by atoms with Gasteiger partial charge in [-0.2, -0.15) is 0 Å². The van der Waals surface area contributed by atoms with E-state index in [-0.39, 0.29) is 0 Å². The van der Waals surface area contributed by atoms with Gasteiger partial charge in [-0.05, 0) is 5.41 Å². The summed E-state index contributed by atoms with van der Waals surface area (Å²) in [4.78, 5) is 0. The Balaban J connectivity index is 0. The molecule has 0 atom stereocenters. The number of hydrogen-bond acceptors (Lipinski definition) is 0. The summed E-state index contributed by atoms with van der Waals surface area (Å²) in [7, 11) is 2.29. The van der Waals surface area contributed by atoms with Crippen LogP contribution in [0.1, 0.15) is 66.7 Å². The van der Waals surface area contributed by atoms with Crippen molar-refractivity contribution in [2.75, 3.05) is 0 Å². The first-order chi connectivity index (χ1) is 6.66. The molecule has 1 heteroatoms. The molecule has 0 saturated heterocycles. The van der Waals surface area contributed by atoms with Gasteiger partial charge in [0.25, 0.3) is 0 Å². The Hall–Kier alpha value is 0.0649. The zero-order valence-electron chi connectivity index (χ0n) is 11.3. The van der Waals surface area contributed by atoms with Gasteiger partial charge in [-0.1, -0.05) is 79.9 Å². The van der Waals surface area contributed by atoms with E-state index in [0.717, 1.165) is 0 Å². The van der Waals surface area contributed by atoms with E-state index in [0.29, 0.717) is 5.41 Å². The van der Waals surface area contributed by atoms with Gasteiger partial charge in [0, 0.05) is 0 Å². The minimum Gasteiger partial charge on any atom is -0.0920 e.